The molecule has 3 aromatic carbocycles. The number of anilines is 1. The third-order valence-corrected chi connectivity index (χ3v) is 7.98. The van der Waals surface area contributed by atoms with Gasteiger partial charge in [0.2, 0.25) is 21.8 Å². The average molecular weight is 611 g/mol. The number of unbranched alkanes of at least 4 members (excludes halogenated alkanes) is 1. The van der Waals surface area contributed by atoms with Gasteiger partial charge in [-0.3, -0.25) is 24.0 Å². The molecule has 0 saturated carbocycles. The number of methoxy groups -OCH3 is 1. The van der Waals surface area contributed by atoms with Crippen LogP contribution in [0.4, 0.5) is 11.4 Å². The number of amides is 2. The Balaban J connectivity index is 2.11. The summed E-state index contributed by atoms with van der Waals surface area (Å²) in [6.07, 6.45) is 2.71. The summed E-state index contributed by atoms with van der Waals surface area (Å²) in [5.41, 5.74) is 2.00. The van der Waals surface area contributed by atoms with E-state index in [0.29, 0.717) is 6.54 Å². The highest BCUT2D eigenvalue weighted by atomic mass is 32.2. The van der Waals surface area contributed by atoms with E-state index in [9.17, 15) is 28.1 Å². The number of nitrogens with one attached hydrogen (secondary N) is 1. The molecule has 0 aromatic heterocycles. The molecule has 12 heteroatoms. The number of rotatable bonds is 15. The van der Waals surface area contributed by atoms with Gasteiger partial charge < -0.3 is 15.0 Å². The monoisotopic (exact) mass is 610 g/mol. The van der Waals surface area contributed by atoms with Crippen molar-refractivity contribution in [1.82, 2.24) is 10.2 Å². The van der Waals surface area contributed by atoms with E-state index in [1.165, 1.54) is 24.1 Å². The van der Waals surface area contributed by atoms with Gasteiger partial charge in [0.15, 0.2) is 0 Å². The van der Waals surface area contributed by atoms with Gasteiger partial charge in [-0.15, -0.1) is 0 Å². The van der Waals surface area contributed by atoms with Crippen LogP contribution in [0.15, 0.2) is 72.8 Å². The number of hydrogen-bond donors (Lipinski definition) is 1. The number of aryl methyl sites for hydroxylation is 1. The van der Waals surface area contributed by atoms with Gasteiger partial charge in [-0.2, -0.15) is 0 Å². The number of carbonyl (C=O) groups is 2. The maximum Gasteiger partial charge on any atom is 0.271 e. The summed E-state index contributed by atoms with van der Waals surface area (Å²) >= 11 is 0. The summed E-state index contributed by atoms with van der Waals surface area (Å²) in [4.78, 5) is 40.1. The van der Waals surface area contributed by atoms with E-state index in [2.05, 4.69) is 5.32 Å². The van der Waals surface area contributed by atoms with Crippen LogP contribution in [-0.4, -0.2) is 62.6 Å². The quantitative estimate of drug-likeness (QED) is 0.154. The molecule has 1 atom stereocenters. The molecule has 43 heavy (non-hydrogen) atoms. The molecule has 0 radical (unpaired) electrons. The summed E-state index contributed by atoms with van der Waals surface area (Å²) in [6.45, 7) is 3.66. The fraction of sp³-hybridized carbons (Fsp3) is 0.355. The molecule has 0 aliphatic heterocycles. The smallest absolute Gasteiger partial charge is 0.271 e. The predicted octanol–water partition coefficient (Wildman–Crippen LogP) is 4.23. The number of sulfonamides is 1. The van der Waals surface area contributed by atoms with Gasteiger partial charge in [0.25, 0.3) is 5.69 Å². The lowest BCUT2D eigenvalue weighted by Crippen LogP contribution is -2.53. The minimum atomic E-state index is -4.14. The van der Waals surface area contributed by atoms with Crippen molar-refractivity contribution in [2.45, 2.75) is 45.7 Å². The van der Waals surface area contributed by atoms with Crippen LogP contribution in [-0.2, 0) is 32.6 Å². The largest absolute Gasteiger partial charge is 0.495 e. The first-order chi connectivity index (χ1) is 20.4. The number of nitro benzene ring substituents is 1. The highest BCUT2D eigenvalue weighted by Crippen LogP contribution is 2.34. The molecule has 11 nitrogen and oxygen atoms in total. The molecule has 0 heterocycles. The number of benzene rings is 3. The second-order valence-electron chi connectivity index (χ2n) is 10.2. The first-order valence-corrected chi connectivity index (χ1v) is 15.8. The number of carbonyl (C=O) groups excluding carboxylic acids is 2. The Hall–Kier alpha value is -4.45. The van der Waals surface area contributed by atoms with Crippen molar-refractivity contribution in [3.05, 3.63) is 99.6 Å². The second kappa shape index (κ2) is 15.1. The molecular formula is C31H38N4O7S. The predicted molar refractivity (Wildman–Crippen MR) is 165 cm³/mol. The molecule has 2 amide bonds. The van der Waals surface area contributed by atoms with Gasteiger partial charge in [0.05, 0.1) is 18.3 Å². The van der Waals surface area contributed by atoms with Gasteiger partial charge >= 0.3 is 0 Å². The van der Waals surface area contributed by atoms with Crippen LogP contribution in [0, 0.1) is 17.0 Å². The second-order valence-corrected chi connectivity index (χ2v) is 12.2. The minimum absolute atomic E-state index is 0.0306. The standard InChI is InChI=1S/C31H38N4O7S/c1-5-6-17-32-31(37)28(19-24-12-8-7-9-13-24)33(21-25-14-10-11-23(2)18-25)30(36)22-34(43(4,40)41)27-20-26(35(38)39)15-16-29(27)42-3/h7-16,18,20,28H,5-6,17,19,21-22H2,1-4H3,(H,32,37). The average Bonchev–Trinajstić information content (AvgIpc) is 2.97. The topological polar surface area (TPSA) is 139 Å². The van der Waals surface area contributed by atoms with E-state index in [1.807, 2.05) is 68.4 Å². The van der Waals surface area contributed by atoms with E-state index < -0.39 is 33.4 Å². The van der Waals surface area contributed by atoms with Crippen LogP contribution >= 0.6 is 0 Å². The summed E-state index contributed by atoms with van der Waals surface area (Å²) in [6, 6.07) is 19.3. The van der Waals surface area contributed by atoms with Crippen LogP contribution in [0.25, 0.3) is 0 Å². The highest BCUT2D eigenvalue weighted by Gasteiger charge is 2.34. The van der Waals surface area contributed by atoms with Crippen molar-refractivity contribution < 1.29 is 27.7 Å². The maximum atomic E-state index is 14.2. The Kier molecular flexibility index (Phi) is 11.6. The summed E-state index contributed by atoms with van der Waals surface area (Å²) in [5.74, 6) is -0.989. The Labute approximate surface area is 252 Å². The number of hydrogen-bond acceptors (Lipinski definition) is 7. The third kappa shape index (κ3) is 9.27. The van der Waals surface area contributed by atoms with Crippen molar-refractivity contribution in [1.29, 1.82) is 0 Å². The molecule has 230 valence electrons. The Bertz CT molecular complexity index is 1530. The van der Waals surface area contributed by atoms with Gasteiger partial charge in [-0.05, 0) is 30.5 Å². The van der Waals surface area contributed by atoms with Crippen molar-refractivity contribution in [2.24, 2.45) is 0 Å². The zero-order valence-electron chi connectivity index (χ0n) is 24.9. The molecule has 0 saturated heterocycles. The van der Waals surface area contributed by atoms with E-state index in [1.54, 1.807) is 0 Å². The van der Waals surface area contributed by atoms with Crippen molar-refractivity contribution in [3.8, 4) is 5.75 Å². The lowest BCUT2D eigenvalue weighted by atomic mass is 10.0. The molecule has 0 spiro atoms. The first-order valence-electron chi connectivity index (χ1n) is 13.9. The number of nitro groups is 1. The van der Waals surface area contributed by atoms with E-state index in [0.717, 1.165) is 46.2 Å². The number of ether oxygens (including phenoxy) is 1. The molecule has 3 aromatic rings. The lowest BCUT2D eigenvalue weighted by Gasteiger charge is -2.33. The van der Waals surface area contributed by atoms with Gasteiger partial charge in [0.1, 0.15) is 24.0 Å². The minimum Gasteiger partial charge on any atom is -0.495 e. The van der Waals surface area contributed by atoms with Crippen LogP contribution in [0.2, 0.25) is 0 Å². The highest BCUT2D eigenvalue weighted by molar-refractivity contribution is 7.92. The number of non-ortho nitro benzene ring substituents is 1. The van der Waals surface area contributed by atoms with Crippen molar-refractivity contribution in [2.75, 3.05) is 30.8 Å². The fourth-order valence-electron chi connectivity index (χ4n) is 4.65. The fourth-order valence-corrected chi connectivity index (χ4v) is 5.49. The molecule has 1 N–H and O–H groups in total. The van der Waals surface area contributed by atoms with Crippen LogP contribution in [0.1, 0.15) is 36.5 Å². The van der Waals surface area contributed by atoms with Crippen molar-refractivity contribution >= 4 is 33.2 Å². The van der Waals surface area contributed by atoms with E-state index >= 15 is 0 Å². The van der Waals surface area contributed by atoms with Gasteiger partial charge in [-0.1, -0.05) is 73.5 Å². The zero-order valence-corrected chi connectivity index (χ0v) is 25.7. The normalized spacial score (nSPS) is 11.8. The SMILES string of the molecule is CCCCNC(=O)C(Cc1ccccc1)N(Cc1cccc(C)c1)C(=O)CN(c1cc([N+](=O)[O-])ccc1OC)S(C)(=O)=O. The molecule has 3 rings (SSSR count). The summed E-state index contributed by atoms with van der Waals surface area (Å²) < 4.78 is 32.2. The van der Waals surface area contributed by atoms with E-state index in [-0.39, 0.29) is 36.0 Å². The zero-order chi connectivity index (χ0) is 31.6. The third-order valence-electron chi connectivity index (χ3n) is 6.86. The molecule has 0 aliphatic carbocycles. The summed E-state index contributed by atoms with van der Waals surface area (Å²) in [5, 5.41) is 14.4. The molecule has 0 fully saturated rings. The number of nitrogens with zero attached hydrogens (tertiary/aromatic N) is 3. The van der Waals surface area contributed by atoms with Crippen molar-refractivity contribution in [3.63, 3.8) is 0 Å². The molecular weight excluding hydrogens is 572 g/mol. The van der Waals surface area contributed by atoms with Crippen LogP contribution in [0.5, 0.6) is 5.75 Å². The van der Waals surface area contributed by atoms with Crippen LogP contribution in [0.3, 0.4) is 0 Å². The maximum absolute atomic E-state index is 14.2. The molecule has 0 aliphatic rings. The Morgan fingerprint density at radius 3 is 2.33 bits per heavy atom. The van der Waals surface area contributed by atoms with Gasteiger partial charge in [0, 0.05) is 31.6 Å². The Morgan fingerprint density at radius 2 is 1.72 bits per heavy atom. The van der Waals surface area contributed by atoms with Crippen LogP contribution < -0.4 is 14.4 Å². The van der Waals surface area contributed by atoms with Gasteiger partial charge in [-0.25, -0.2) is 8.42 Å². The molecule has 1 unspecified atom stereocenters. The summed E-state index contributed by atoms with van der Waals surface area (Å²) in [7, 11) is -2.84. The first kappa shape index (κ1) is 33.1. The van der Waals surface area contributed by atoms with E-state index in [4.69, 9.17) is 4.74 Å². The Morgan fingerprint density at radius 1 is 1.02 bits per heavy atom. The molecule has 0 bridgehead atoms. The lowest BCUT2D eigenvalue weighted by molar-refractivity contribution is -0.384.